The maximum atomic E-state index is 14.2. The van der Waals surface area contributed by atoms with Crippen molar-refractivity contribution in [2.45, 2.75) is 12.3 Å². The summed E-state index contributed by atoms with van der Waals surface area (Å²) in [6.07, 6.45) is 3.82. The topological polar surface area (TPSA) is 101 Å². The molecule has 0 amide bonds. The molecular weight excluding hydrogens is 389 g/mol. The Labute approximate surface area is 169 Å². The number of fused-ring (bicyclic) bond motifs is 1. The highest BCUT2D eigenvalue weighted by atomic mass is 19.1. The van der Waals surface area contributed by atoms with Crippen LogP contribution in [0, 0.1) is 5.82 Å². The predicted molar refractivity (Wildman–Crippen MR) is 108 cm³/mol. The summed E-state index contributed by atoms with van der Waals surface area (Å²) < 4.78 is 19.9. The number of aromatic hydroxyl groups is 1. The van der Waals surface area contributed by atoms with Crippen LogP contribution in [0.4, 0.5) is 4.39 Å². The smallest absolute Gasteiger partial charge is 0.304 e. The van der Waals surface area contributed by atoms with Gasteiger partial charge in [0.05, 0.1) is 17.4 Å². The van der Waals surface area contributed by atoms with Crippen LogP contribution in [0.5, 0.6) is 5.75 Å². The maximum Gasteiger partial charge on any atom is 0.304 e. The minimum atomic E-state index is -1.08. The Balaban J connectivity index is 1.98. The normalized spacial score (nSPS) is 12.0. The zero-order valence-electron chi connectivity index (χ0n) is 15.6. The molecule has 2 N–H and O–H groups in total. The Hall–Kier alpha value is -4.00. The van der Waals surface area contributed by atoms with Crippen LogP contribution in [0.1, 0.15) is 23.5 Å². The first-order valence-electron chi connectivity index (χ1n) is 9.11. The second kappa shape index (κ2) is 7.79. The molecule has 0 unspecified atom stereocenters. The van der Waals surface area contributed by atoms with Crippen molar-refractivity contribution in [2.75, 3.05) is 0 Å². The van der Waals surface area contributed by atoms with E-state index in [4.69, 9.17) is 4.42 Å². The van der Waals surface area contributed by atoms with Gasteiger partial charge in [0.1, 0.15) is 23.4 Å². The number of phenols is 1. The summed E-state index contributed by atoms with van der Waals surface area (Å²) in [4.78, 5) is 28.5. The molecular formula is C23H16FNO5. The average molecular weight is 405 g/mol. The third kappa shape index (κ3) is 3.41. The maximum absolute atomic E-state index is 14.2. The van der Waals surface area contributed by atoms with Crippen molar-refractivity contribution in [1.82, 2.24) is 4.98 Å². The lowest BCUT2D eigenvalue weighted by atomic mass is 9.87. The molecule has 0 saturated heterocycles. The summed E-state index contributed by atoms with van der Waals surface area (Å²) in [6.45, 7) is 0. The third-order valence-corrected chi connectivity index (χ3v) is 4.96. The molecule has 0 fully saturated rings. The van der Waals surface area contributed by atoms with Crippen molar-refractivity contribution in [3.05, 3.63) is 94.4 Å². The van der Waals surface area contributed by atoms with Gasteiger partial charge in [-0.25, -0.2) is 4.39 Å². The number of rotatable bonds is 5. The quantitative estimate of drug-likeness (QED) is 0.513. The summed E-state index contributed by atoms with van der Waals surface area (Å²) in [6, 6.07) is 11.8. The van der Waals surface area contributed by atoms with Crippen molar-refractivity contribution in [3.63, 3.8) is 0 Å². The third-order valence-electron chi connectivity index (χ3n) is 4.96. The van der Waals surface area contributed by atoms with Gasteiger partial charge in [0.25, 0.3) is 0 Å². The van der Waals surface area contributed by atoms with E-state index in [0.29, 0.717) is 5.56 Å². The number of carboxylic acids is 1. The molecule has 0 saturated carbocycles. The van der Waals surface area contributed by atoms with Gasteiger partial charge < -0.3 is 14.6 Å². The molecule has 0 bridgehead atoms. The van der Waals surface area contributed by atoms with Gasteiger partial charge in [-0.2, -0.15) is 0 Å². The van der Waals surface area contributed by atoms with Gasteiger partial charge in [-0.1, -0.05) is 18.2 Å². The van der Waals surface area contributed by atoms with Crippen LogP contribution < -0.4 is 5.43 Å². The van der Waals surface area contributed by atoms with Crippen LogP contribution >= 0.6 is 0 Å². The molecule has 0 aliphatic rings. The first-order chi connectivity index (χ1) is 14.5. The number of aliphatic carboxylic acids is 1. The number of nitrogens with zero attached hydrogens (tertiary/aromatic N) is 1. The Morgan fingerprint density at radius 3 is 2.50 bits per heavy atom. The van der Waals surface area contributed by atoms with E-state index in [9.17, 15) is 24.2 Å². The number of carboxylic acid groups (broad SMARTS) is 1. The first kappa shape index (κ1) is 19.3. The Morgan fingerprint density at radius 1 is 1.07 bits per heavy atom. The number of halogens is 1. The van der Waals surface area contributed by atoms with Crippen molar-refractivity contribution < 1.29 is 23.8 Å². The number of phenolic OH excluding ortho intramolecular Hbond substituents is 1. The number of pyridine rings is 1. The number of hydrogen-bond donors (Lipinski definition) is 2. The van der Waals surface area contributed by atoms with Crippen LogP contribution in [0.3, 0.4) is 0 Å². The SMILES string of the molecule is O=C(O)C[C@@H](c1ccncc1)c1c(O)ccc2c(=O)c(-c3ccccc3F)coc12. The Kier molecular flexibility index (Phi) is 5.02. The number of carbonyl (C=O) groups is 1. The largest absolute Gasteiger partial charge is 0.508 e. The summed E-state index contributed by atoms with van der Waals surface area (Å²) >= 11 is 0. The van der Waals surface area contributed by atoms with Crippen molar-refractivity contribution in [3.8, 4) is 16.9 Å². The second-order valence-electron chi connectivity index (χ2n) is 6.76. The van der Waals surface area contributed by atoms with E-state index >= 15 is 0 Å². The van der Waals surface area contributed by atoms with Crippen LogP contribution in [0.2, 0.25) is 0 Å². The van der Waals surface area contributed by atoms with E-state index in [-0.39, 0.29) is 39.8 Å². The molecule has 2 aromatic heterocycles. The molecule has 0 spiro atoms. The van der Waals surface area contributed by atoms with Crippen LogP contribution in [0.15, 0.2) is 76.4 Å². The summed E-state index contributed by atoms with van der Waals surface area (Å²) in [5.41, 5.74) is 0.485. The summed E-state index contributed by atoms with van der Waals surface area (Å²) in [7, 11) is 0. The molecule has 7 heteroatoms. The second-order valence-corrected chi connectivity index (χ2v) is 6.76. The van der Waals surface area contributed by atoms with E-state index in [0.717, 1.165) is 6.26 Å². The van der Waals surface area contributed by atoms with E-state index in [1.165, 1.54) is 42.7 Å². The molecule has 6 nitrogen and oxygen atoms in total. The Bertz CT molecular complexity index is 1300. The van der Waals surface area contributed by atoms with E-state index in [1.54, 1.807) is 18.2 Å². The molecule has 30 heavy (non-hydrogen) atoms. The fraction of sp³-hybridized carbons (Fsp3) is 0.0870. The van der Waals surface area contributed by atoms with Gasteiger partial charge in [0, 0.05) is 29.4 Å². The number of hydrogen-bond acceptors (Lipinski definition) is 5. The van der Waals surface area contributed by atoms with Crippen LogP contribution in [-0.4, -0.2) is 21.2 Å². The van der Waals surface area contributed by atoms with E-state index in [2.05, 4.69) is 4.98 Å². The molecule has 4 rings (SSSR count). The Morgan fingerprint density at radius 2 is 1.80 bits per heavy atom. The van der Waals surface area contributed by atoms with E-state index < -0.39 is 23.1 Å². The lowest BCUT2D eigenvalue weighted by molar-refractivity contribution is -0.137. The van der Waals surface area contributed by atoms with Crippen molar-refractivity contribution >= 4 is 16.9 Å². The minimum absolute atomic E-state index is 0.0379. The lowest BCUT2D eigenvalue weighted by Gasteiger charge is -2.18. The zero-order chi connectivity index (χ0) is 21.3. The highest BCUT2D eigenvalue weighted by molar-refractivity contribution is 5.87. The highest BCUT2D eigenvalue weighted by Crippen LogP contribution is 2.39. The molecule has 0 radical (unpaired) electrons. The standard InChI is InChI=1S/C23H16FNO5/c24-18-4-2-1-3-14(18)17-12-30-23-15(22(17)29)5-6-19(26)21(23)16(11-20(27)28)13-7-9-25-10-8-13/h1-10,12,16,26H,11H2,(H,27,28)/t16-/m0/s1. The predicted octanol–water partition coefficient (Wildman–Crippen LogP) is 4.31. The number of aromatic nitrogens is 1. The zero-order valence-corrected chi connectivity index (χ0v) is 15.6. The fourth-order valence-corrected chi connectivity index (χ4v) is 3.57. The van der Waals surface area contributed by atoms with Crippen molar-refractivity contribution in [2.24, 2.45) is 0 Å². The monoisotopic (exact) mass is 405 g/mol. The van der Waals surface area contributed by atoms with Gasteiger partial charge >= 0.3 is 5.97 Å². The lowest BCUT2D eigenvalue weighted by Crippen LogP contribution is -2.11. The van der Waals surface area contributed by atoms with Crippen LogP contribution in [0.25, 0.3) is 22.1 Å². The molecule has 0 aliphatic heterocycles. The van der Waals surface area contributed by atoms with Gasteiger partial charge in [0.2, 0.25) is 5.43 Å². The van der Waals surface area contributed by atoms with E-state index in [1.807, 2.05) is 0 Å². The molecule has 2 heterocycles. The molecule has 0 aliphatic carbocycles. The average Bonchev–Trinajstić information content (AvgIpc) is 2.74. The molecule has 150 valence electrons. The summed E-state index contributed by atoms with van der Waals surface area (Å²) in [5.74, 6) is -2.63. The van der Waals surface area contributed by atoms with Crippen molar-refractivity contribution in [1.29, 1.82) is 0 Å². The van der Waals surface area contributed by atoms with Gasteiger partial charge in [0.15, 0.2) is 0 Å². The van der Waals surface area contributed by atoms with Gasteiger partial charge in [-0.15, -0.1) is 0 Å². The molecule has 2 aromatic carbocycles. The highest BCUT2D eigenvalue weighted by Gasteiger charge is 2.26. The fourth-order valence-electron chi connectivity index (χ4n) is 3.57. The minimum Gasteiger partial charge on any atom is -0.508 e. The van der Waals surface area contributed by atoms with Gasteiger partial charge in [-0.05, 0) is 35.9 Å². The first-order valence-corrected chi connectivity index (χ1v) is 9.11. The number of benzene rings is 2. The molecule has 1 atom stereocenters. The molecule has 4 aromatic rings. The van der Waals surface area contributed by atoms with Crippen LogP contribution in [-0.2, 0) is 4.79 Å². The van der Waals surface area contributed by atoms with Gasteiger partial charge in [-0.3, -0.25) is 14.6 Å². The summed E-state index contributed by atoms with van der Waals surface area (Å²) in [5, 5.41) is 20.1.